The van der Waals surface area contributed by atoms with Crippen LogP contribution >= 0.6 is 0 Å². The van der Waals surface area contributed by atoms with Crippen LogP contribution in [-0.4, -0.2) is 57.3 Å². The molecule has 3 heterocycles. The molecule has 2 aromatic rings. The maximum Gasteiger partial charge on any atom is 0.417 e. The molecule has 2 amide bonds. The van der Waals surface area contributed by atoms with Crippen molar-refractivity contribution in [2.45, 2.75) is 32.0 Å². The first-order valence-electron chi connectivity index (χ1n) is 8.91. The van der Waals surface area contributed by atoms with Gasteiger partial charge < -0.3 is 15.4 Å². The highest BCUT2D eigenvalue weighted by molar-refractivity contribution is 5.96. The van der Waals surface area contributed by atoms with Crippen LogP contribution in [0, 0.1) is 0 Å². The zero-order valence-corrected chi connectivity index (χ0v) is 15.8. The number of rotatable bonds is 4. The molecule has 0 bridgehead atoms. The van der Waals surface area contributed by atoms with Crippen molar-refractivity contribution < 1.29 is 27.5 Å². The molecule has 0 aliphatic carbocycles. The summed E-state index contributed by atoms with van der Waals surface area (Å²) in [6, 6.07) is 2.11. The largest absolute Gasteiger partial charge is 0.417 e. The van der Waals surface area contributed by atoms with Gasteiger partial charge in [0.25, 0.3) is 5.91 Å². The summed E-state index contributed by atoms with van der Waals surface area (Å²) in [4.78, 5) is 29.7. The van der Waals surface area contributed by atoms with Crippen molar-refractivity contribution in [2.24, 2.45) is 5.73 Å². The molecule has 0 saturated carbocycles. The second kappa shape index (κ2) is 7.82. The summed E-state index contributed by atoms with van der Waals surface area (Å²) in [7, 11) is 0. The molecular formula is C18H20F3N5O3. The number of nitrogens with two attached hydrogens (primary N) is 1. The van der Waals surface area contributed by atoms with Gasteiger partial charge in [-0.15, -0.1) is 0 Å². The molecule has 0 aromatic carbocycles. The molecular weight excluding hydrogens is 391 g/mol. The van der Waals surface area contributed by atoms with Gasteiger partial charge in [-0.25, -0.2) is 9.67 Å². The standard InChI is InChI=1S/C18H20F3N5O3/c1-10(2)15-12(17(28)25-5-6-29-13(9-25)16(22)27)8-24-26(15)14-4-3-11(7-23-14)18(19,20)21/h3-4,7-8,10,13H,5-6,9H2,1-2H3,(H2,22,27). The van der Waals surface area contributed by atoms with E-state index >= 15 is 0 Å². The highest BCUT2D eigenvalue weighted by Gasteiger charge is 2.33. The molecule has 11 heteroatoms. The van der Waals surface area contributed by atoms with E-state index in [9.17, 15) is 22.8 Å². The molecule has 1 unspecified atom stereocenters. The van der Waals surface area contributed by atoms with Crippen LogP contribution < -0.4 is 5.73 Å². The van der Waals surface area contributed by atoms with E-state index in [2.05, 4.69) is 10.1 Å². The number of hydrogen-bond acceptors (Lipinski definition) is 5. The second-order valence-electron chi connectivity index (χ2n) is 6.93. The Morgan fingerprint density at radius 3 is 2.55 bits per heavy atom. The fraction of sp³-hybridized carbons (Fsp3) is 0.444. The first kappa shape index (κ1) is 20.8. The van der Waals surface area contributed by atoms with Gasteiger partial charge in [0.2, 0.25) is 5.91 Å². The van der Waals surface area contributed by atoms with Crippen LogP contribution in [0.2, 0.25) is 0 Å². The van der Waals surface area contributed by atoms with Crippen LogP contribution in [0.3, 0.4) is 0 Å². The van der Waals surface area contributed by atoms with Gasteiger partial charge in [0, 0.05) is 12.7 Å². The van der Waals surface area contributed by atoms with Crippen LogP contribution in [0.4, 0.5) is 13.2 Å². The monoisotopic (exact) mass is 411 g/mol. The molecule has 3 rings (SSSR count). The lowest BCUT2D eigenvalue weighted by atomic mass is 10.0. The van der Waals surface area contributed by atoms with Crippen LogP contribution in [0.15, 0.2) is 24.5 Å². The Bertz CT molecular complexity index is 908. The van der Waals surface area contributed by atoms with Crippen molar-refractivity contribution in [2.75, 3.05) is 19.7 Å². The van der Waals surface area contributed by atoms with E-state index in [0.717, 1.165) is 12.3 Å². The molecule has 0 radical (unpaired) electrons. The normalized spacial score (nSPS) is 17.6. The molecule has 1 atom stereocenters. The van der Waals surface area contributed by atoms with Gasteiger partial charge in [0.1, 0.15) is 0 Å². The van der Waals surface area contributed by atoms with Crippen molar-refractivity contribution in [3.8, 4) is 5.82 Å². The van der Waals surface area contributed by atoms with Gasteiger partial charge in [-0.2, -0.15) is 18.3 Å². The third kappa shape index (κ3) is 4.24. The van der Waals surface area contributed by atoms with Gasteiger partial charge in [-0.05, 0) is 18.1 Å². The molecule has 8 nitrogen and oxygen atoms in total. The van der Waals surface area contributed by atoms with E-state index in [0.29, 0.717) is 5.69 Å². The summed E-state index contributed by atoms with van der Waals surface area (Å²) < 4.78 is 44.9. The molecule has 1 aliphatic heterocycles. The minimum atomic E-state index is -4.50. The number of morpholine rings is 1. The van der Waals surface area contributed by atoms with Gasteiger partial charge in [-0.3, -0.25) is 9.59 Å². The van der Waals surface area contributed by atoms with Crippen molar-refractivity contribution in [3.05, 3.63) is 41.3 Å². The SMILES string of the molecule is CC(C)c1c(C(=O)N2CCOC(C(N)=O)C2)cnn1-c1ccc(C(F)(F)F)cn1. The van der Waals surface area contributed by atoms with Crippen molar-refractivity contribution in [1.29, 1.82) is 0 Å². The van der Waals surface area contributed by atoms with Gasteiger partial charge in [-0.1, -0.05) is 13.8 Å². The molecule has 1 fully saturated rings. The number of pyridine rings is 1. The van der Waals surface area contributed by atoms with Gasteiger partial charge >= 0.3 is 6.18 Å². The summed E-state index contributed by atoms with van der Waals surface area (Å²) >= 11 is 0. The average molecular weight is 411 g/mol. The smallest absolute Gasteiger partial charge is 0.367 e. The number of primary amides is 1. The minimum Gasteiger partial charge on any atom is -0.367 e. The molecule has 1 aliphatic rings. The zero-order chi connectivity index (χ0) is 21.3. The lowest BCUT2D eigenvalue weighted by Crippen LogP contribution is -2.50. The fourth-order valence-electron chi connectivity index (χ4n) is 3.12. The third-order valence-electron chi connectivity index (χ3n) is 4.55. The minimum absolute atomic E-state index is 0.0232. The summed E-state index contributed by atoms with van der Waals surface area (Å²) in [5.41, 5.74) is 5.18. The summed E-state index contributed by atoms with van der Waals surface area (Å²) in [5.74, 6) is -1.02. The van der Waals surface area contributed by atoms with Gasteiger partial charge in [0.15, 0.2) is 11.9 Å². The molecule has 29 heavy (non-hydrogen) atoms. The quantitative estimate of drug-likeness (QED) is 0.826. The average Bonchev–Trinajstić information content (AvgIpc) is 3.12. The Hall–Kier alpha value is -2.95. The Balaban J connectivity index is 1.93. The van der Waals surface area contributed by atoms with E-state index in [4.69, 9.17) is 10.5 Å². The Morgan fingerprint density at radius 1 is 1.28 bits per heavy atom. The number of hydrogen-bond donors (Lipinski definition) is 1. The molecule has 2 N–H and O–H groups in total. The highest BCUT2D eigenvalue weighted by atomic mass is 19.4. The summed E-state index contributed by atoms with van der Waals surface area (Å²) in [5, 5.41) is 4.17. The first-order valence-corrected chi connectivity index (χ1v) is 8.91. The van der Waals surface area contributed by atoms with E-state index in [1.165, 1.54) is 21.8 Å². The zero-order valence-electron chi connectivity index (χ0n) is 15.8. The molecule has 0 spiro atoms. The fourth-order valence-corrected chi connectivity index (χ4v) is 3.12. The van der Waals surface area contributed by atoms with Crippen LogP contribution in [0.1, 0.15) is 41.4 Å². The van der Waals surface area contributed by atoms with E-state index in [1.54, 1.807) is 0 Å². The number of nitrogens with zero attached hydrogens (tertiary/aromatic N) is 4. The van der Waals surface area contributed by atoms with Crippen LogP contribution in [0.5, 0.6) is 0 Å². The number of amides is 2. The first-order chi connectivity index (χ1) is 13.6. The maximum atomic E-state index is 13.0. The predicted molar refractivity (Wildman–Crippen MR) is 95.3 cm³/mol. The number of carbonyl (C=O) groups is 2. The molecule has 1 saturated heterocycles. The summed E-state index contributed by atoms with van der Waals surface area (Å²) in [6.07, 6.45) is -3.31. The van der Waals surface area contributed by atoms with E-state index in [-0.39, 0.29) is 42.9 Å². The van der Waals surface area contributed by atoms with Crippen LogP contribution in [-0.2, 0) is 15.7 Å². The van der Waals surface area contributed by atoms with Gasteiger partial charge in [0.05, 0.1) is 36.2 Å². The topological polar surface area (TPSA) is 103 Å². The van der Waals surface area contributed by atoms with Crippen molar-refractivity contribution in [1.82, 2.24) is 19.7 Å². The predicted octanol–water partition coefficient (Wildman–Crippen LogP) is 1.74. The third-order valence-corrected chi connectivity index (χ3v) is 4.55. The second-order valence-corrected chi connectivity index (χ2v) is 6.93. The van der Waals surface area contributed by atoms with E-state index in [1.807, 2.05) is 13.8 Å². The number of aromatic nitrogens is 3. The lowest BCUT2D eigenvalue weighted by Gasteiger charge is -2.31. The van der Waals surface area contributed by atoms with Crippen LogP contribution in [0.25, 0.3) is 5.82 Å². The Morgan fingerprint density at radius 2 is 2.00 bits per heavy atom. The van der Waals surface area contributed by atoms with Crippen molar-refractivity contribution >= 4 is 11.8 Å². The number of ether oxygens (including phenoxy) is 1. The number of carbonyl (C=O) groups excluding carboxylic acids is 2. The Kier molecular flexibility index (Phi) is 5.60. The maximum absolute atomic E-state index is 13.0. The number of halogens is 3. The number of alkyl halides is 3. The van der Waals surface area contributed by atoms with E-state index < -0.39 is 23.8 Å². The van der Waals surface area contributed by atoms with Crippen molar-refractivity contribution in [3.63, 3.8) is 0 Å². The molecule has 2 aromatic heterocycles. The summed E-state index contributed by atoms with van der Waals surface area (Å²) in [6.45, 7) is 4.14. The lowest BCUT2D eigenvalue weighted by molar-refractivity contribution is -0.138. The Labute approximate surface area is 164 Å². The molecule has 156 valence electrons. The highest BCUT2D eigenvalue weighted by Crippen LogP contribution is 2.29.